The number of aryl methyl sites for hydroxylation is 2. The molecule has 6 heteroatoms. The van der Waals surface area contributed by atoms with Crippen molar-refractivity contribution >= 4 is 33.2 Å². The summed E-state index contributed by atoms with van der Waals surface area (Å²) in [4.78, 5) is 13.1. The van der Waals surface area contributed by atoms with Crippen LogP contribution < -0.4 is 5.32 Å². The van der Waals surface area contributed by atoms with E-state index >= 15 is 0 Å². The summed E-state index contributed by atoms with van der Waals surface area (Å²) >= 11 is 5.11. The van der Waals surface area contributed by atoms with E-state index in [4.69, 9.17) is 4.52 Å². The molecule has 0 radical (unpaired) electrons. The van der Waals surface area contributed by atoms with Crippen LogP contribution in [0.15, 0.2) is 20.4 Å². The summed E-state index contributed by atoms with van der Waals surface area (Å²) in [6.07, 6.45) is 1.18. The van der Waals surface area contributed by atoms with Gasteiger partial charge in [0.25, 0.3) is 0 Å². The number of carbonyl (C=O) groups is 1. The van der Waals surface area contributed by atoms with E-state index < -0.39 is 0 Å². The van der Waals surface area contributed by atoms with Crippen molar-refractivity contribution in [3.05, 3.63) is 37.8 Å². The normalized spacial score (nSPS) is 10.7. The van der Waals surface area contributed by atoms with Crippen molar-refractivity contribution in [3.63, 3.8) is 0 Å². The standard InChI is InChI=1S/C13H15BrN2O2S/c1-8-11(9(2)18-16-8)7-13(17)15-6-5-10-3-4-12(14)19-10/h3-4H,5-7H2,1-2H3,(H,15,17). The van der Waals surface area contributed by atoms with Crippen LogP contribution in [0.5, 0.6) is 0 Å². The molecular weight excluding hydrogens is 328 g/mol. The van der Waals surface area contributed by atoms with Crippen LogP contribution in [0.3, 0.4) is 0 Å². The summed E-state index contributed by atoms with van der Waals surface area (Å²) in [5, 5.41) is 6.76. The van der Waals surface area contributed by atoms with Gasteiger partial charge in [0, 0.05) is 17.0 Å². The molecule has 102 valence electrons. The van der Waals surface area contributed by atoms with Crippen molar-refractivity contribution in [1.29, 1.82) is 0 Å². The second kappa shape index (κ2) is 6.34. The molecule has 0 aliphatic carbocycles. The molecule has 1 amide bonds. The van der Waals surface area contributed by atoms with Crippen molar-refractivity contribution < 1.29 is 9.32 Å². The first kappa shape index (κ1) is 14.3. The summed E-state index contributed by atoms with van der Waals surface area (Å²) in [7, 11) is 0. The molecule has 2 rings (SSSR count). The van der Waals surface area contributed by atoms with Gasteiger partial charge in [0.15, 0.2) is 0 Å². The van der Waals surface area contributed by atoms with Gasteiger partial charge in [-0.05, 0) is 48.3 Å². The largest absolute Gasteiger partial charge is 0.361 e. The average molecular weight is 343 g/mol. The van der Waals surface area contributed by atoms with E-state index in [9.17, 15) is 4.79 Å². The van der Waals surface area contributed by atoms with Gasteiger partial charge in [-0.25, -0.2) is 0 Å². The fourth-order valence-corrected chi connectivity index (χ4v) is 3.27. The minimum Gasteiger partial charge on any atom is -0.361 e. The Morgan fingerprint density at radius 3 is 2.84 bits per heavy atom. The molecule has 0 bridgehead atoms. The van der Waals surface area contributed by atoms with Crippen LogP contribution in [-0.4, -0.2) is 17.6 Å². The molecular formula is C13H15BrN2O2S. The lowest BCUT2D eigenvalue weighted by Gasteiger charge is -2.03. The van der Waals surface area contributed by atoms with Gasteiger partial charge in [-0.2, -0.15) is 0 Å². The van der Waals surface area contributed by atoms with Gasteiger partial charge in [-0.1, -0.05) is 5.16 Å². The zero-order valence-electron chi connectivity index (χ0n) is 10.8. The topological polar surface area (TPSA) is 55.1 Å². The molecule has 0 atom stereocenters. The number of carbonyl (C=O) groups excluding carboxylic acids is 1. The van der Waals surface area contributed by atoms with E-state index in [1.807, 2.05) is 19.9 Å². The van der Waals surface area contributed by atoms with Crippen molar-refractivity contribution in [2.45, 2.75) is 26.7 Å². The van der Waals surface area contributed by atoms with Gasteiger partial charge in [0.2, 0.25) is 5.91 Å². The fourth-order valence-electron chi connectivity index (χ4n) is 1.79. The van der Waals surface area contributed by atoms with Crippen LogP contribution in [0.25, 0.3) is 0 Å². The van der Waals surface area contributed by atoms with E-state index in [1.165, 1.54) is 4.88 Å². The maximum atomic E-state index is 11.8. The van der Waals surface area contributed by atoms with E-state index in [2.05, 4.69) is 32.5 Å². The highest BCUT2D eigenvalue weighted by molar-refractivity contribution is 9.11. The second-order valence-corrected chi connectivity index (χ2v) is 6.83. The molecule has 19 heavy (non-hydrogen) atoms. The molecule has 0 aliphatic rings. The average Bonchev–Trinajstić information content (AvgIpc) is 2.90. The van der Waals surface area contributed by atoms with E-state index in [0.717, 1.165) is 27.2 Å². The van der Waals surface area contributed by atoms with Crippen LogP contribution in [0, 0.1) is 13.8 Å². The Kier molecular flexibility index (Phi) is 4.76. The number of nitrogens with one attached hydrogen (secondary N) is 1. The summed E-state index contributed by atoms with van der Waals surface area (Å²) in [6, 6.07) is 4.08. The van der Waals surface area contributed by atoms with Crippen LogP contribution in [0.1, 0.15) is 21.9 Å². The molecule has 1 N–H and O–H groups in total. The Balaban J connectivity index is 1.79. The lowest BCUT2D eigenvalue weighted by Crippen LogP contribution is -2.27. The molecule has 0 aliphatic heterocycles. The Bertz CT molecular complexity index is 557. The maximum absolute atomic E-state index is 11.8. The third-order valence-electron chi connectivity index (χ3n) is 2.84. The monoisotopic (exact) mass is 342 g/mol. The minimum atomic E-state index is 0.00465. The summed E-state index contributed by atoms with van der Waals surface area (Å²) < 4.78 is 6.15. The van der Waals surface area contributed by atoms with Crippen LogP contribution in [0.2, 0.25) is 0 Å². The molecule has 4 nitrogen and oxygen atoms in total. The first-order valence-electron chi connectivity index (χ1n) is 5.99. The third kappa shape index (κ3) is 3.91. The van der Waals surface area contributed by atoms with Crippen LogP contribution in [-0.2, 0) is 17.6 Å². The van der Waals surface area contributed by atoms with Crippen LogP contribution in [0.4, 0.5) is 0 Å². The van der Waals surface area contributed by atoms with Crippen molar-refractivity contribution in [1.82, 2.24) is 10.5 Å². The number of amides is 1. The number of nitrogens with zero attached hydrogens (tertiary/aromatic N) is 1. The molecule has 0 unspecified atom stereocenters. The Morgan fingerprint density at radius 2 is 2.26 bits per heavy atom. The summed E-state index contributed by atoms with van der Waals surface area (Å²) in [5.41, 5.74) is 1.67. The van der Waals surface area contributed by atoms with Gasteiger partial charge < -0.3 is 9.84 Å². The van der Waals surface area contributed by atoms with Crippen molar-refractivity contribution in [3.8, 4) is 0 Å². The highest BCUT2D eigenvalue weighted by atomic mass is 79.9. The van der Waals surface area contributed by atoms with E-state index in [0.29, 0.717) is 13.0 Å². The van der Waals surface area contributed by atoms with Gasteiger partial charge in [-0.3, -0.25) is 4.79 Å². The SMILES string of the molecule is Cc1noc(C)c1CC(=O)NCCc1ccc(Br)s1. The second-order valence-electron chi connectivity index (χ2n) is 4.29. The molecule has 2 aromatic rings. The number of hydrogen-bond donors (Lipinski definition) is 1. The highest BCUT2D eigenvalue weighted by Gasteiger charge is 2.12. The number of aromatic nitrogens is 1. The Morgan fingerprint density at radius 1 is 1.47 bits per heavy atom. The molecule has 2 heterocycles. The minimum absolute atomic E-state index is 0.00465. The summed E-state index contributed by atoms with van der Waals surface area (Å²) in [6.45, 7) is 4.32. The zero-order valence-corrected chi connectivity index (χ0v) is 13.2. The highest BCUT2D eigenvalue weighted by Crippen LogP contribution is 2.22. The Hall–Kier alpha value is -1.14. The third-order valence-corrected chi connectivity index (χ3v) is 4.52. The molecule has 2 aromatic heterocycles. The number of thiophene rings is 1. The fraction of sp³-hybridized carbons (Fsp3) is 0.385. The number of halogens is 1. The molecule has 0 aromatic carbocycles. The molecule has 0 fully saturated rings. The molecule has 0 saturated carbocycles. The molecule has 0 saturated heterocycles. The van der Waals surface area contributed by atoms with Gasteiger partial charge in [0.05, 0.1) is 15.9 Å². The number of rotatable bonds is 5. The number of hydrogen-bond acceptors (Lipinski definition) is 4. The Labute approximate surface area is 124 Å². The van der Waals surface area contributed by atoms with Gasteiger partial charge >= 0.3 is 0 Å². The summed E-state index contributed by atoms with van der Waals surface area (Å²) in [5.74, 6) is 0.722. The quantitative estimate of drug-likeness (QED) is 0.908. The van der Waals surface area contributed by atoms with Crippen molar-refractivity contribution in [2.75, 3.05) is 6.54 Å². The zero-order chi connectivity index (χ0) is 13.8. The van der Waals surface area contributed by atoms with Crippen molar-refractivity contribution in [2.24, 2.45) is 0 Å². The maximum Gasteiger partial charge on any atom is 0.224 e. The first-order chi connectivity index (χ1) is 9.06. The predicted molar refractivity (Wildman–Crippen MR) is 78.4 cm³/mol. The van der Waals surface area contributed by atoms with E-state index in [-0.39, 0.29) is 5.91 Å². The van der Waals surface area contributed by atoms with E-state index in [1.54, 1.807) is 11.3 Å². The lowest BCUT2D eigenvalue weighted by molar-refractivity contribution is -0.120. The van der Waals surface area contributed by atoms with Gasteiger partial charge in [0.1, 0.15) is 5.76 Å². The molecule has 0 spiro atoms. The van der Waals surface area contributed by atoms with Gasteiger partial charge in [-0.15, -0.1) is 11.3 Å². The van der Waals surface area contributed by atoms with Crippen LogP contribution >= 0.6 is 27.3 Å². The smallest absolute Gasteiger partial charge is 0.224 e. The first-order valence-corrected chi connectivity index (χ1v) is 7.60. The predicted octanol–water partition coefficient (Wildman–Crippen LogP) is 3.02. The lowest BCUT2D eigenvalue weighted by atomic mass is 10.1.